The number of para-hydroxylation sites is 2. The van der Waals surface area contributed by atoms with E-state index in [0.29, 0.717) is 22.8 Å². The molecule has 1 unspecified atom stereocenters. The molecule has 0 radical (unpaired) electrons. The number of anilines is 2. The number of nitrogens with two attached hydrogens (primary N) is 1. The zero-order valence-electron chi connectivity index (χ0n) is 14.0. The third-order valence-electron chi connectivity index (χ3n) is 3.66. The number of carbonyl (C=O) groups is 1. The fourth-order valence-electron chi connectivity index (χ4n) is 2.34. The van der Waals surface area contributed by atoms with Gasteiger partial charge < -0.3 is 11.1 Å². The summed E-state index contributed by atoms with van der Waals surface area (Å²) < 4.78 is 29.0. The van der Waals surface area contributed by atoms with E-state index < -0.39 is 22.0 Å². The van der Waals surface area contributed by atoms with Crippen LogP contribution in [0.2, 0.25) is 0 Å². The molecule has 1 heterocycles. The molecule has 9 heteroatoms. The van der Waals surface area contributed by atoms with Gasteiger partial charge in [0.15, 0.2) is 0 Å². The zero-order valence-corrected chi connectivity index (χ0v) is 14.8. The van der Waals surface area contributed by atoms with E-state index >= 15 is 0 Å². The maximum Gasteiger partial charge on any atom is 0.244 e. The molecular formula is C15H21N5O3S. The monoisotopic (exact) mass is 351 g/mol. The standard InChI is InChI=1S/C15H21N5O3S/c1-9-14(11(3)20(4)18-9)24(22,23)19-10(2)15(21)17-13-8-6-5-7-12(13)16/h5-8,10,19H,16H2,1-4H3,(H,17,21). The molecule has 0 fully saturated rings. The fraction of sp³-hybridized carbons (Fsp3) is 0.333. The second-order valence-electron chi connectivity index (χ2n) is 5.54. The molecule has 1 aromatic carbocycles. The van der Waals surface area contributed by atoms with Gasteiger partial charge in [0.05, 0.1) is 28.8 Å². The van der Waals surface area contributed by atoms with Crippen molar-refractivity contribution in [3.8, 4) is 0 Å². The summed E-state index contributed by atoms with van der Waals surface area (Å²) in [4.78, 5) is 12.3. The first-order chi connectivity index (χ1) is 11.1. The highest BCUT2D eigenvalue weighted by Crippen LogP contribution is 2.20. The van der Waals surface area contributed by atoms with E-state index in [0.717, 1.165) is 0 Å². The van der Waals surface area contributed by atoms with Crippen molar-refractivity contribution in [3.63, 3.8) is 0 Å². The third kappa shape index (κ3) is 3.57. The number of amides is 1. The van der Waals surface area contributed by atoms with Crippen LogP contribution in [-0.4, -0.2) is 30.1 Å². The van der Waals surface area contributed by atoms with Crippen LogP contribution in [0.4, 0.5) is 11.4 Å². The quantitative estimate of drug-likeness (QED) is 0.692. The molecule has 0 bridgehead atoms. The Labute approximate surface area is 141 Å². The van der Waals surface area contributed by atoms with Crippen LogP contribution in [0.5, 0.6) is 0 Å². The first-order valence-corrected chi connectivity index (χ1v) is 8.79. The van der Waals surface area contributed by atoms with Crippen molar-refractivity contribution < 1.29 is 13.2 Å². The molecule has 2 aromatic rings. The summed E-state index contributed by atoms with van der Waals surface area (Å²) in [6.45, 7) is 4.73. The van der Waals surface area contributed by atoms with E-state index in [9.17, 15) is 13.2 Å². The van der Waals surface area contributed by atoms with Crippen molar-refractivity contribution in [3.05, 3.63) is 35.7 Å². The summed E-state index contributed by atoms with van der Waals surface area (Å²) in [6, 6.07) is 5.78. The minimum Gasteiger partial charge on any atom is -0.397 e. The van der Waals surface area contributed by atoms with E-state index in [-0.39, 0.29) is 4.90 Å². The van der Waals surface area contributed by atoms with Crippen LogP contribution in [0.15, 0.2) is 29.2 Å². The fourth-order valence-corrected chi connectivity index (χ4v) is 3.98. The van der Waals surface area contributed by atoms with Gasteiger partial charge >= 0.3 is 0 Å². The van der Waals surface area contributed by atoms with E-state index in [1.807, 2.05) is 0 Å². The van der Waals surface area contributed by atoms with E-state index in [4.69, 9.17) is 5.73 Å². The number of carbonyl (C=O) groups excluding carboxylic acids is 1. The molecule has 0 aliphatic heterocycles. The van der Waals surface area contributed by atoms with Crippen molar-refractivity contribution in [2.45, 2.75) is 31.7 Å². The number of aromatic nitrogens is 2. The predicted molar refractivity (Wildman–Crippen MR) is 91.9 cm³/mol. The van der Waals surface area contributed by atoms with E-state index in [1.54, 1.807) is 45.2 Å². The summed E-state index contributed by atoms with van der Waals surface area (Å²) in [5, 5.41) is 6.70. The van der Waals surface area contributed by atoms with Crippen LogP contribution in [0, 0.1) is 13.8 Å². The molecule has 2 rings (SSSR count). The number of nitrogen functional groups attached to an aromatic ring is 1. The van der Waals surface area contributed by atoms with E-state index in [1.165, 1.54) is 11.6 Å². The van der Waals surface area contributed by atoms with Gasteiger partial charge in [0.25, 0.3) is 0 Å². The van der Waals surface area contributed by atoms with Gasteiger partial charge in [0.2, 0.25) is 15.9 Å². The highest BCUT2D eigenvalue weighted by Gasteiger charge is 2.27. The molecule has 0 aliphatic carbocycles. The Balaban J connectivity index is 2.17. The summed E-state index contributed by atoms with van der Waals surface area (Å²) in [7, 11) is -2.21. The smallest absolute Gasteiger partial charge is 0.244 e. The minimum atomic E-state index is -3.87. The van der Waals surface area contributed by atoms with Crippen LogP contribution < -0.4 is 15.8 Å². The van der Waals surface area contributed by atoms with Gasteiger partial charge in [-0.1, -0.05) is 12.1 Å². The minimum absolute atomic E-state index is 0.0869. The molecule has 1 atom stereocenters. The molecule has 24 heavy (non-hydrogen) atoms. The van der Waals surface area contributed by atoms with E-state index in [2.05, 4.69) is 15.1 Å². The van der Waals surface area contributed by atoms with Crippen LogP contribution in [0.25, 0.3) is 0 Å². The summed E-state index contributed by atoms with van der Waals surface area (Å²) in [5.74, 6) is -0.504. The second-order valence-corrected chi connectivity index (χ2v) is 7.19. The number of nitrogens with zero attached hydrogens (tertiary/aromatic N) is 2. The second kappa shape index (κ2) is 6.62. The lowest BCUT2D eigenvalue weighted by molar-refractivity contribution is -0.117. The Hall–Kier alpha value is -2.39. The molecule has 4 N–H and O–H groups in total. The number of hydrogen-bond donors (Lipinski definition) is 3. The van der Waals surface area contributed by atoms with Crippen molar-refractivity contribution >= 4 is 27.3 Å². The highest BCUT2D eigenvalue weighted by molar-refractivity contribution is 7.89. The Morgan fingerprint density at radius 1 is 1.29 bits per heavy atom. The molecule has 130 valence electrons. The van der Waals surface area contributed by atoms with Gasteiger partial charge in [0.1, 0.15) is 4.90 Å². The first-order valence-electron chi connectivity index (χ1n) is 7.31. The Morgan fingerprint density at radius 3 is 2.46 bits per heavy atom. The van der Waals surface area contributed by atoms with Gasteiger partial charge in [-0.3, -0.25) is 9.48 Å². The molecular weight excluding hydrogens is 330 g/mol. The average molecular weight is 351 g/mol. The summed E-state index contributed by atoms with van der Waals surface area (Å²) in [5.41, 5.74) is 7.48. The van der Waals surface area contributed by atoms with Gasteiger partial charge in [-0.15, -0.1) is 0 Å². The topological polar surface area (TPSA) is 119 Å². The normalized spacial score (nSPS) is 12.8. The SMILES string of the molecule is Cc1nn(C)c(C)c1S(=O)(=O)NC(C)C(=O)Nc1ccccc1N. The van der Waals surface area contributed by atoms with Crippen molar-refractivity contribution in [1.82, 2.24) is 14.5 Å². The molecule has 1 aromatic heterocycles. The lowest BCUT2D eigenvalue weighted by Gasteiger charge is -2.15. The molecule has 0 spiro atoms. The summed E-state index contributed by atoms with van der Waals surface area (Å²) >= 11 is 0. The number of benzene rings is 1. The predicted octanol–water partition coefficient (Wildman–Crippen LogP) is 0.925. The number of hydrogen-bond acceptors (Lipinski definition) is 5. The van der Waals surface area contributed by atoms with Crippen molar-refractivity contribution in [1.29, 1.82) is 0 Å². The number of rotatable bonds is 5. The molecule has 8 nitrogen and oxygen atoms in total. The van der Waals surface area contributed by atoms with Crippen LogP contribution >= 0.6 is 0 Å². The van der Waals surface area contributed by atoms with Gasteiger partial charge in [-0.2, -0.15) is 9.82 Å². The Morgan fingerprint density at radius 2 is 1.92 bits per heavy atom. The van der Waals surface area contributed by atoms with Gasteiger partial charge in [-0.25, -0.2) is 8.42 Å². The van der Waals surface area contributed by atoms with Crippen molar-refractivity contribution in [2.24, 2.45) is 7.05 Å². The lowest BCUT2D eigenvalue weighted by Crippen LogP contribution is -2.41. The van der Waals surface area contributed by atoms with Crippen molar-refractivity contribution in [2.75, 3.05) is 11.1 Å². The third-order valence-corrected chi connectivity index (χ3v) is 5.45. The number of nitrogens with one attached hydrogen (secondary N) is 2. The van der Waals surface area contributed by atoms with Gasteiger partial charge in [0, 0.05) is 7.05 Å². The summed E-state index contributed by atoms with van der Waals surface area (Å²) in [6.07, 6.45) is 0. The Bertz CT molecular complexity index is 873. The Kier molecular flexibility index (Phi) is 4.95. The molecule has 0 saturated heterocycles. The maximum absolute atomic E-state index is 12.6. The highest BCUT2D eigenvalue weighted by atomic mass is 32.2. The maximum atomic E-state index is 12.6. The molecule has 1 amide bonds. The molecule has 0 saturated carbocycles. The van der Waals surface area contributed by atoms with Gasteiger partial charge in [-0.05, 0) is 32.9 Å². The molecule has 0 aliphatic rings. The first kappa shape index (κ1) is 18.0. The van der Waals surface area contributed by atoms with Crippen LogP contribution in [0.3, 0.4) is 0 Å². The zero-order chi connectivity index (χ0) is 18.1. The van der Waals surface area contributed by atoms with Crippen LogP contribution in [-0.2, 0) is 21.9 Å². The lowest BCUT2D eigenvalue weighted by atomic mass is 10.2. The average Bonchev–Trinajstić information content (AvgIpc) is 2.74. The number of sulfonamides is 1. The van der Waals surface area contributed by atoms with Crippen LogP contribution in [0.1, 0.15) is 18.3 Å². The largest absolute Gasteiger partial charge is 0.397 e. The number of aryl methyl sites for hydroxylation is 2.